The van der Waals surface area contributed by atoms with E-state index in [1.807, 2.05) is 0 Å². The summed E-state index contributed by atoms with van der Waals surface area (Å²) >= 11 is 15.7. The summed E-state index contributed by atoms with van der Waals surface area (Å²) in [5, 5.41) is 0.369. The van der Waals surface area contributed by atoms with Crippen molar-refractivity contribution < 1.29 is 8.78 Å². The van der Waals surface area contributed by atoms with Crippen molar-refractivity contribution in [3.63, 3.8) is 0 Å². The smallest absolute Gasteiger partial charge is 0.129 e. The Labute approximate surface area is 139 Å². The van der Waals surface area contributed by atoms with Crippen LogP contribution >= 0.6 is 59.4 Å². The second kappa shape index (κ2) is 6.20. The zero-order chi connectivity index (χ0) is 14.2. The number of hydrogen-bond acceptors (Lipinski definition) is 0. The quantitative estimate of drug-likeness (QED) is 0.338. The van der Waals surface area contributed by atoms with Crippen molar-refractivity contribution in [2.45, 2.75) is 4.83 Å². The number of halogens is 6. The van der Waals surface area contributed by atoms with Crippen molar-refractivity contribution >= 4 is 59.4 Å². The third kappa shape index (κ3) is 3.20. The molecule has 1 atom stereocenters. The fourth-order valence-corrected chi connectivity index (χ4v) is 3.82. The zero-order valence-electron chi connectivity index (χ0n) is 9.23. The summed E-state index contributed by atoms with van der Waals surface area (Å²) < 4.78 is 28.9. The normalized spacial score (nSPS) is 12.5. The SMILES string of the molecule is Fc1cc(Br)c(Cl)cc1C(Br)c1c(F)cccc1Br. The van der Waals surface area contributed by atoms with Gasteiger partial charge in [0.2, 0.25) is 0 Å². The lowest BCUT2D eigenvalue weighted by Crippen LogP contribution is -2.01. The molecule has 0 saturated carbocycles. The Balaban J connectivity index is 2.56. The largest absolute Gasteiger partial charge is 0.207 e. The standard InChI is InChI=1S/C13H6Br3ClF2/c14-7-2-1-3-10(18)12(7)13(16)6-4-9(17)8(15)5-11(6)19/h1-5,13H. The van der Waals surface area contributed by atoms with E-state index in [0.29, 0.717) is 19.5 Å². The Hall–Kier alpha value is 0.0300. The van der Waals surface area contributed by atoms with Crippen LogP contribution in [0.5, 0.6) is 0 Å². The molecule has 19 heavy (non-hydrogen) atoms. The predicted molar refractivity (Wildman–Crippen MR) is 84.0 cm³/mol. The average molecular weight is 475 g/mol. The Morgan fingerprint density at radius 3 is 2.32 bits per heavy atom. The molecule has 6 heteroatoms. The molecule has 0 aliphatic carbocycles. The minimum atomic E-state index is -0.631. The first-order valence-electron chi connectivity index (χ1n) is 5.14. The minimum absolute atomic E-state index is 0.277. The first kappa shape index (κ1) is 15.4. The van der Waals surface area contributed by atoms with Crippen LogP contribution in [0.15, 0.2) is 39.3 Å². The Morgan fingerprint density at radius 2 is 1.68 bits per heavy atom. The van der Waals surface area contributed by atoms with Gasteiger partial charge >= 0.3 is 0 Å². The molecule has 0 aromatic heterocycles. The summed E-state index contributed by atoms with van der Waals surface area (Å²) in [6.45, 7) is 0. The van der Waals surface area contributed by atoms with Gasteiger partial charge in [0.05, 0.1) is 9.85 Å². The van der Waals surface area contributed by atoms with Crippen molar-refractivity contribution in [1.29, 1.82) is 0 Å². The maximum atomic E-state index is 14.0. The van der Waals surface area contributed by atoms with Gasteiger partial charge in [0.1, 0.15) is 11.6 Å². The molecular formula is C13H6Br3ClF2. The van der Waals surface area contributed by atoms with E-state index in [0.717, 1.165) is 0 Å². The zero-order valence-corrected chi connectivity index (χ0v) is 14.7. The van der Waals surface area contributed by atoms with Crippen LogP contribution < -0.4 is 0 Å². The summed E-state index contributed by atoms with van der Waals surface area (Å²) in [5.74, 6) is -0.886. The minimum Gasteiger partial charge on any atom is -0.207 e. The van der Waals surface area contributed by atoms with Crippen LogP contribution in [-0.2, 0) is 0 Å². The van der Waals surface area contributed by atoms with Gasteiger partial charge in [-0.2, -0.15) is 0 Å². The first-order valence-corrected chi connectivity index (χ1v) is 8.02. The van der Waals surface area contributed by atoms with E-state index in [1.165, 1.54) is 18.2 Å². The number of alkyl halides is 1. The Kier molecular flexibility index (Phi) is 5.04. The lowest BCUT2D eigenvalue weighted by molar-refractivity contribution is 0.597. The Bertz CT molecular complexity index is 611. The molecule has 0 fully saturated rings. The predicted octanol–water partition coefficient (Wildman–Crippen LogP) is 6.63. The molecule has 0 aliphatic rings. The van der Waals surface area contributed by atoms with Crippen molar-refractivity contribution in [2.75, 3.05) is 0 Å². The van der Waals surface area contributed by atoms with Crippen molar-refractivity contribution in [3.05, 3.63) is 67.1 Å². The summed E-state index contributed by atoms with van der Waals surface area (Å²) in [5.41, 5.74) is 0.610. The molecule has 2 rings (SSSR count). The molecular weight excluding hydrogens is 469 g/mol. The molecule has 0 saturated heterocycles. The van der Waals surface area contributed by atoms with Gasteiger partial charge in [-0.3, -0.25) is 0 Å². The third-order valence-corrected chi connectivity index (χ3v) is 5.41. The van der Waals surface area contributed by atoms with Crippen molar-refractivity contribution in [3.8, 4) is 0 Å². The Morgan fingerprint density at radius 1 is 1.00 bits per heavy atom. The molecule has 0 aliphatic heterocycles. The van der Waals surface area contributed by atoms with Gasteiger partial charge in [-0.05, 0) is 40.2 Å². The molecule has 0 heterocycles. The molecule has 100 valence electrons. The lowest BCUT2D eigenvalue weighted by Gasteiger charge is -2.15. The summed E-state index contributed by atoms with van der Waals surface area (Å²) in [6.07, 6.45) is 0. The van der Waals surface area contributed by atoms with E-state index in [2.05, 4.69) is 47.8 Å². The highest BCUT2D eigenvalue weighted by Crippen LogP contribution is 2.40. The topological polar surface area (TPSA) is 0 Å². The fourth-order valence-electron chi connectivity index (χ4n) is 1.64. The van der Waals surface area contributed by atoms with E-state index in [9.17, 15) is 8.78 Å². The monoisotopic (exact) mass is 472 g/mol. The van der Waals surface area contributed by atoms with Crippen LogP contribution in [-0.4, -0.2) is 0 Å². The third-order valence-electron chi connectivity index (χ3n) is 2.57. The number of benzene rings is 2. The van der Waals surface area contributed by atoms with Crippen LogP contribution in [0, 0.1) is 11.6 Å². The fraction of sp³-hybridized carbons (Fsp3) is 0.0769. The molecule has 0 amide bonds. The van der Waals surface area contributed by atoms with Gasteiger partial charge in [-0.1, -0.05) is 49.5 Å². The summed E-state index contributed by atoms with van der Waals surface area (Å²) in [4.78, 5) is -0.631. The van der Waals surface area contributed by atoms with Crippen LogP contribution in [0.25, 0.3) is 0 Å². The van der Waals surface area contributed by atoms with Crippen LogP contribution in [0.1, 0.15) is 16.0 Å². The molecule has 0 bridgehead atoms. The van der Waals surface area contributed by atoms with E-state index in [4.69, 9.17) is 11.6 Å². The van der Waals surface area contributed by atoms with Crippen LogP contribution in [0.2, 0.25) is 5.02 Å². The maximum absolute atomic E-state index is 14.0. The molecule has 0 spiro atoms. The van der Waals surface area contributed by atoms with Crippen LogP contribution in [0.3, 0.4) is 0 Å². The van der Waals surface area contributed by atoms with E-state index in [1.54, 1.807) is 12.1 Å². The highest BCUT2D eigenvalue weighted by molar-refractivity contribution is 9.11. The number of rotatable bonds is 2. The average Bonchev–Trinajstić information content (AvgIpc) is 2.33. The number of hydrogen-bond donors (Lipinski definition) is 0. The molecule has 0 N–H and O–H groups in total. The summed E-state index contributed by atoms with van der Waals surface area (Å²) in [6, 6.07) is 7.34. The van der Waals surface area contributed by atoms with Crippen molar-refractivity contribution in [2.24, 2.45) is 0 Å². The molecule has 0 nitrogen and oxygen atoms in total. The molecule has 0 radical (unpaired) electrons. The highest BCUT2D eigenvalue weighted by Gasteiger charge is 2.22. The molecule has 2 aromatic carbocycles. The lowest BCUT2D eigenvalue weighted by atomic mass is 10.0. The molecule has 1 unspecified atom stereocenters. The maximum Gasteiger partial charge on any atom is 0.129 e. The highest BCUT2D eigenvalue weighted by atomic mass is 79.9. The van der Waals surface area contributed by atoms with E-state index in [-0.39, 0.29) is 5.56 Å². The molecule has 2 aromatic rings. The van der Waals surface area contributed by atoms with Crippen molar-refractivity contribution in [1.82, 2.24) is 0 Å². The van der Waals surface area contributed by atoms with Crippen LogP contribution in [0.4, 0.5) is 8.78 Å². The second-order valence-electron chi connectivity index (χ2n) is 3.79. The van der Waals surface area contributed by atoms with Gasteiger partial charge in [0.25, 0.3) is 0 Å². The van der Waals surface area contributed by atoms with Gasteiger partial charge in [0, 0.05) is 20.1 Å². The van der Waals surface area contributed by atoms with Gasteiger partial charge < -0.3 is 0 Å². The first-order chi connectivity index (χ1) is 8.91. The van der Waals surface area contributed by atoms with E-state index >= 15 is 0 Å². The van der Waals surface area contributed by atoms with Gasteiger partial charge in [0.15, 0.2) is 0 Å². The van der Waals surface area contributed by atoms with Gasteiger partial charge in [-0.15, -0.1) is 0 Å². The second-order valence-corrected chi connectivity index (χ2v) is 6.82. The van der Waals surface area contributed by atoms with Gasteiger partial charge in [-0.25, -0.2) is 8.78 Å². The summed E-state index contributed by atoms with van der Waals surface area (Å²) in [7, 11) is 0. The van der Waals surface area contributed by atoms with E-state index < -0.39 is 16.5 Å².